The lowest BCUT2D eigenvalue weighted by Crippen LogP contribution is -2.00. The molecule has 2 heterocycles. The Kier molecular flexibility index (Phi) is 6.68. The number of benzene rings is 6. The summed E-state index contributed by atoms with van der Waals surface area (Å²) in [6.45, 7) is 0. The second-order valence-corrected chi connectivity index (χ2v) is 11.9. The van der Waals surface area contributed by atoms with Crippen LogP contribution in [0, 0.1) is 11.3 Å². The molecule has 5 heteroatoms. The van der Waals surface area contributed by atoms with Crippen molar-refractivity contribution in [2.24, 2.45) is 0 Å². The molecule has 0 saturated carbocycles. The number of nitriles is 1. The molecule has 0 atom stereocenters. The van der Waals surface area contributed by atoms with E-state index >= 15 is 0 Å². The minimum atomic E-state index is 0.594. The van der Waals surface area contributed by atoms with Crippen molar-refractivity contribution >= 4 is 31.5 Å². The van der Waals surface area contributed by atoms with E-state index in [-0.39, 0.29) is 0 Å². The highest BCUT2D eigenvalue weighted by Gasteiger charge is 2.15. The molecule has 0 saturated heterocycles. The van der Waals surface area contributed by atoms with Crippen molar-refractivity contribution in [1.82, 2.24) is 15.0 Å². The Balaban J connectivity index is 1.26. The molecule has 0 aliphatic carbocycles. The predicted molar refractivity (Wildman–Crippen MR) is 185 cm³/mol. The number of nitrogens with zero attached hydrogens (tertiary/aromatic N) is 4. The quantitative estimate of drug-likeness (QED) is 0.199. The number of hydrogen-bond donors (Lipinski definition) is 0. The minimum absolute atomic E-state index is 0.594. The van der Waals surface area contributed by atoms with Gasteiger partial charge in [0.2, 0.25) is 0 Å². The van der Waals surface area contributed by atoms with Crippen LogP contribution < -0.4 is 0 Å². The van der Waals surface area contributed by atoms with Crippen LogP contribution in [-0.4, -0.2) is 15.0 Å². The van der Waals surface area contributed by atoms with Gasteiger partial charge in [0.25, 0.3) is 0 Å². The maximum absolute atomic E-state index is 10.0. The number of fused-ring (bicyclic) bond motifs is 3. The van der Waals surface area contributed by atoms with Crippen LogP contribution in [-0.2, 0) is 0 Å². The Morgan fingerprint density at radius 1 is 0.444 bits per heavy atom. The zero-order chi connectivity index (χ0) is 30.2. The zero-order valence-electron chi connectivity index (χ0n) is 24.1. The monoisotopic (exact) mass is 592 g/mol. The molecule has 0 radical (unpaired) electrons. The van der Waals surface area contributed by atoms with Crippen LogP contribution in [0.5, 0.6) is 0 Å². The van der Waals surface area contributed by atoms with Crippen LogP contribution in [0.15, 0.2) is 146 Å². The number of thiophene rings is 1. The molecular weight excluding hydrogens is 569 g/mol. The van der Waals surface area contributed by atoms with Crippen LogP contribution in [0.2, 0.25) is 0 Å². The average molecular weight is 593 g/mol. The Labute approximate surface area is 264 Å². The minimum Gasteiger partial charge on any atom is -0.208 e. The fourth-order valence-electron chi connectivity index (χ4n) is 5.76. The van der Waals surface area contributed by atoms with Gasteiger partial charge in [0.1, 0.15) is 0 Å². The molecule has 0 fully saturated rings. The molecule has 4 nitrogen and oxygen atoms in total. The standard InChI is InChI=1S/C40H24N4S/c41-25-26-21-31(24-32(22-26)33-18-10-19-35-34-17-7-8-20-36(34)45-37(33)35)29-15-9-16-30(23-29)40-43-38(27-11-3-1-4-12-27)42-39(44-40)28-13-5-2-6-14-28/h1-24H. The smallest absolute Gasteiger partial charge is 0.164 e. The van der Waals surface area contributed by atoms with Gasteiger partial charge in [-0.25, -0.2) is 15.0 Å². The summed E-state index contributed by atoms with van der Waals surface area (Å²) >= 11 is 1.79. The summed E-state index contributed by atoms with van der Waals surface area (Å²) in [5.41, 5.74) is 7.43. The Morgan fingerprint density at radius 2 is 0.978 bits per heavy atom. The summed E-state index contributed by atoms with van der Waals surface area (Å²) in [7, 11) is 0. The molecule has 0 aliphatic heterocycles. The Bertz CT molecular complexity index is 2330. The maximum atomic E-state index is 10.0. The molecule has 0 amide bonds. The summed E-state index contributed by atoms with van der Waals surface area (Å²) < 4.78 is 2.48. The van der Waals surface area contributed by atoms with Crippen molar-refractivity contribution in [3.8, 4) is 62.5 Å². The highest BCUT2D eigenvalue weighted by molar-refractivity contribution is 7.26. The van der Waals surface area contributed by atoms with Crippen LogP contribution in [0.4, 0.5) is 0 Å². The van der Waals surface area contributed by atoms with Crippen LogP contribution in [0.1, 0.15) is 5.56 Å². The van der Waals surface area contributed by atoms with Gasteiger partial charge in [-0.2, -0.15) is 5.26 Å². The summed E-state index contributed by atoms with van der Waals surface area (Å²) in [6.07, 6.45) is 0. The lowest BCUT2D eigenvalue weighted by molar-refractivity contribution is 1.07. The van der Waals surface area contributed by atoms with Crippen LogP contribution in [0.25, 0.3) is 76.6 Å². The van der Waals surface area contributed by atoms with E-state index in [0.29, 0.717) is 23.0 Å². The fraction of sp³-hybridized carbons (Fsp3) is 0. The zero-order valence-corrected chi connectivity index (χ0v) is 24.9. The molecular formula is C40H24N4S. The predicted octanol–water partition coefficient (Wildman–Crippen LogP) is 10.4. The van der Waals surface area contributed by atoms with Crippen molar-refractivity contribution in [2.45, 2.75) is 0 Å². The first kappa shape index (κ1) is 26.7. The van der Waals surface area contributed by atoms with Gasteiger partial charge in [0.15, 0.2) is 17.5 Å². The van der Waals surface area contributed by atoms with Gasteiger partial charge >= 0.3 is 0 Å². The van der Waals surface area contributed by atoms with Crippen molar-refractivity contribution in [2.75, 3.05) is 0 Å². The van der Waals surface area contributed by atoms with Crippen LogP contribution >= 0.6 is 11.3 Å². The van der Waals surface area contributed by atoms with E-state index in [1.54, 1.807) is 11.3 Å². The van der Waals surface area contributed by atoms with Crippen molar-refractivity contribution in [3.63, 3.8) is 0 Å². The van der Waals surface area contributed by atoms with Gasteiger partial charge in [-0.3, -0.25) is 0 Å². The van der Waals surface area contributed by atoms with E-state index in [0.717, 1.165) is 38.9 Å². The summed E-state index contributed by atoms with van der Waals surface area (Å²) in [6, 6.07) is 51.6. The molecule has 45 heavy (non-hydrogen) atoms. The second kappa shape index (κ2) is 11.3. The molecule has 0 N–H and O–H groups in total. The maximum Gasteiger partial charge on any atom is 0.164 e. The van der Waals surface area contributed by atoms with E-state index in [9.17, 15) is 5.26 Å². The van der Waals surface area contributed by atoms with Gasteiger partial charge in [0, 0.05) is 36.9 Å². The average Bonchev–Trinajstić information content (AvgIpc) is 3.51. The van der Waals surface area contributed by atoms with Crippen molar-refractivity contribution in [1.29, 1.82) is 5.26 Å². The molecule has 0 bridgehead atoms. The largest absolute Gasteiger partial charge is 0.208 e. The van der Waals surface area contributed by atoms with Gasteiger partial charge < -0.3 is 0 Å². The molecule has 8 rings (SSSR count). The van der Waals surface area contributed by atoms with Crippen molar-refractivity contribution < 1.29 is 0 Å². The lowest BCUT2D eigenvalue weighted by atomic mass is 9.95. The van der Waals surface area contributed by atoms with Gasteiger partial charge in [-0.05, 0) is 52.6 Å². The topological polar surface area (TPSA) is 62.5 Å². The van der Waals surface area contributed by atoms with E-state index in [1.807, 2.05) is 84.9 Å². The van der Waals surface area contributed by atoms with Crippen LogP contribution in [0.3, 0.4) is 0 Å². The van der Waals surface area contributed by atoms with Gasteiger partial charge in [0.05, 0.1) is 11.6 Å². The molecule has 6 aromatic carbocycles. The Hall–Kier alpha value is -5.96. The second-order valence-electron chi connectivity index (χ2n) is 10.8. The van der Waals surface area contributed by atoms with Gasteiger partial charge in [-0.1, -0.05) is 115 Å². The molecule has 0 spiro atoms. The third kappa shape index (κ3) is 5.04. The first-order valence-corrected chi connectivity index (χ1v) is 15.5. The fourth-order valence-corrected chi connectivity index (χ4v) is 7.00. The number of rotatable bonds is 5. The summed E-state index contributed by atoms with van der Waals surface area (Å²) in [5.74, 6) is 1.83. The highest BCUT2D eigenvalue weighted by atomic mass is 32.1. The van der Waals surface area contributed by atoms with E-state index in [4.69, 9.17) is 15.0 Å². The highest BCUT2D eigenvalue weighted by Crippen LogP contribution is 2.41. The lowest BCUT2D eigenvalue weighted by Gasteiger charge is -2.11. The Morgan fingerprint density at radius 3 is 1.69 bits per heavy atom. The number of hydrogen-bond acceptors (Lipinski definition) is 5. The van der Waals surface area contributed by atoms with Gasteiger partial charge in [-0.15, -0.1) is 11.3 Å². The summed E-state index contributed by atoms with van der Waals surface area (Å²) in [4.78, 5) is 14.7. The SMILES string of the molecule is N#Cc1cc(-c2cccc(-c3nc(-c4ccccc4)nc(-c4ccccc4)n3)c2)cc(-c2cccc3c2sc2ccccc23)c1. The molecule has 8 aromatic rings. The van der Waals surface area contributed by atoms with E-state index in [1.165, 1.54) is 20.2 Å². The molecule has 0 aliphatic rings. The van der Waals surface area contributed by atoms with Crippen molar-refractivity contribution in [3.05, 3.63) is 151 Å². The van der Waals surface area contributed by atoms with E-state index in [2.05, 4.69) is 66.7 Å². The third-order valence-corrected chi connectivity index (χ3v) is 9.15. The normalized spacial score (nSPS) is 11.1. The third-order valence-electron chi connectivity index (χ3n) is 7.93. The molecule has 0 unspecified atom stereocenters. The van der Waals surface area contributed by atoms with E-state index < -0.39 is 0 Å². The first-order chi connectivity index (χ1) is 22.2. The first-order valence-electron chi connectivity index (χ1n) is 14.7. The number of aromatic nitrogens is 3. The molecule has 2 aromatic heterocycles. The summed E-state index contributed by atoms with van der Waals surface area (Å²) in [5, 5.41) is 12.5. The molecule has 210 valence electrons.